The Morgan fingerprint density at radius 3 is 2.35 bits per heavy atom. The summed E-state index contributed by atoms with van der Waals surface area (Å²) in [5.74, 6) is 0.571. The van der Waals surface area contributed by atoms with Gasteiger partial charge in [-0.15, -0.1) is 12.4 Å². The van der Waals surface area contributed by atoms with Crippen LogP contribution < -0.4 is 0 Å². The Balaban J connectivity index is 0.00000256. The lowest BCUT2D eigenvalue weighted by Crippen LogP contribution is -2.25. The highest BCUT2D eigenvalue weighted by atomic mass is 35.5. The van der Waals surface area contributed by atoms with E-state index in [1.54, 1.807) is 6.07 Å². The normalized spacial score (nSPS) is 10.6. The first kappa shape index (κ1) is 16.1. The molecule has 2 N–H and O–H groups in total. The molecule has 17 heavy (non-hydrogen) atoms. The highest BCUT2D eigenvalue weighted by Crippen LogP contribution is 2.24. The highest BCUT2D eigenvalue weighted by molar-refractivity contribution is 5.85. The molecule has 1 rings (SSSR count). The summed E-state index contributed by atoms with van der Waals surface area (Å²) >= 11 is 0. The summed E-state index contributed by atoms with van der Waals surface area (Å²) in [6.07, 6.45) is 0.886. The van der Waals surface area contributed by atoms with Crippen molar-refractivity contribution in [3.63, 3.8) is 0 Å². The van der Waals surface area contributed by atoms with Crippen LogP contribution in [0.25, 0.3) is 0 Å². The maximum Gasteiger partial charge on any atom is 0.157 e. The molecule has 0 heterocycles. The Labute approximate surface area is 109 Å². The van der Waals surface area contributed by atoms with E-state index in [4.69, 9.17) is 0 Å². The summed E-state index contributed by atoms with van der Waals surface area (Å²) in [6, 6.07) is 5.00. The van der Waals surface area contributed by atoms with Crippen molar-refractivity contribution in [3.05, 3.63) is 23.8 Å². The Morgan fingerprint density at radius 1 is 1.18 bits per heavy atom. The van der Waals surface area contributed by atoms with E-state index in [0.29, 0.717) is 5.92 Å². The monoisotopic (exact) mass is 259 g/mol. The van der Waals surface area contributed by atoms with Crippen molar-refractivity contribution in [1.29, 1.82) is 0 Å². The summed E-state index contributed by atoms with van der Waals surface area (Å²) in [7, 11) is 2.10. The third kappa shape index (κ3) is 5.80. The van der Waals surface area contributed by atoms with Crippen molar-refractivity contribution < 1.29 is 10.2 Å². The van der Waals surface area contributed by atoms with E-state index in [9.17, 15) is 10.2 Å². The average molecular weight is 260 g/mol. The van der Waals surface area contributed by atoms with Gasteiger partial charge >= 0.3 is 0 Å². The molecule has 0 saturated heterocycles. The molecule has 3 nitrogen and oxygen atoms in total. The molecule has 0 amide bonds. The number of hydrogen-bond acceptors (Lipinski definition) is 3. The van der Waals surface area contributed by atoms with Gasteiger partial charge in [-0.3, -0.25) is 0 Å². The first-order chi connectivity index (χ1) is 7.49. The SMILES string of the molecule is CC(C)CN(C)CCc1ccc(O)c(O)c1.Cl. The van der Waals surface area contributed by atoms with E-state index in [1.807, 2.05) is 6.07 Å². The lowest BCUT2D eigenvalue weighted by atomic mass is 10.1. The largest absolute Gasteiger partial charge is 0.504 e. The minimum absolute atomic E-state index is 0. The predicted molar refractivity (Wildman–Crippen MR) is 73.1 cm³/mol. The first-order valence-corrected chi connectivity index (χ1v) is 5.68. The molecule has 0 unspecified atom stereocenters. The Bertz CT molecular complexity index is 342. The molecule has 0 aliphatic heterocycles. The van der Waals surface area contributed by atoms with Crippen molar-refractivity contribution in [2.24, 2.45) is 5.92 Å². The zero-order valence-corrected chi connectivity index (χ0v) is 11.5. The highest BCUT2D eigenvalue weighted by Gasteiger charge is 2.04. The number of hydrogen-bond donors (Lipinski definition) is 2. The average Bonchev–Trinajstić information content (AvgIpc) is 2.19. The fraction of sp³-hybridized carbons (Fsp3) is 0.538. The predicted octanol–water partition coefficient (Wildman–Crippen LogP) is 2.65. The third-order valence-corrected chi connectivity index (χ3v) is 2.50. The second kappa shape index (κ2) is 7.41. The Hall–Kier alpha value is -0.930. The van der Waals surface area contributed by atoms with Gasteiger partial charge in [0.2, 0.25) is 0 Å². The molecule has 0 aliphatic carbocycles. The topological polar surface area (TPSA) is 43.7 Å². The Kier molecular flexibility index (Phi) is 7.00. The van der Waals surface area contributed by atoms with Gasteiger partial charge in [-0.05, 0) is 37.1 Å². The molecule has 0 spiro atoms. The van der Waals surface area contributed by atoms with Crippen molar-refractivity contribution in [2.45, 2.75) is 20.3 Å². The molecule has 1 aromatic carbocycles. The number of benzene rings is 1. The van der Waals surface area contributed by atoms with Crippen LogP contribution in [0.4, 0.5) is 0 Å². The van der Waals surface area contributed by atoms with Crippen LogP contribution in [0.3, 0.4) is 0 Å². The van der Waals surface area contributed by atoms with E-state index < -0.39 is 0 Å². The molecule has 0 bridgehead atoms. The van der Waals surface area contributed by atoms with E-state index in [2.05, 4.69) is 25.8 Å². The van der Waals surface area contributed by atoms with Crippen LogP contribution in [-0.2, 0) is 6.42 Å². The Morgan fingerprint density at radius 2 is 1.82 bits per heavy atom. The smallest absolute Gasteiger partial charge is 0.157 e. The van der Waals surface area contributed by atoms with Gasteiger partial charge in [0.25, 0.3) is 0 Å². The van der Waals surface area contributed by atoms with E-state index in [-0.39, 0.29) is 23.9 Å². The lowest BCUT2D eigenvalue weighted by Gasteiger charge is -2.18. The molecular weight excluding hydrogens is 238 g/mol. The fourth-order valence-electron chi connectivity index (χ4n) is 1.76. The number of phenolic OH excluding ortho intramolecular Hbond substituents is 2. The maximum atomic E-state index is 9.35. The molecule has 0 aliphatic rings. The molecule has 0 fully saturated rings. The number of halogens is 1. The third-order valence-electron chi connectivity index (χ3n) is 2.50. The van der Waals surface area contributed by atoms with Gasteiger partial charge in [-0.25, -0.2) is 0 Å². The minimum Gasteiger partial charge on any atom is -0.504 e. The summed E-state index contributed by atoms with van der Waals surface area (Å²) in [5, 5.41) is 18.5. The second-order valence-corrected chi connectivity index (χ2v) is 4.73. The lowest BCUT2D eigenvalue weighted by molar-refractivity contribution is 0.299. The zero-order chi connectivity index (χ0) is 12.1. The van der Waals surface area contributed by atoms with Crippen LogP contribution in [-0.4, -0.2) is 35.3 Å². The van der Waals surface area contributed by atoms with Crippen LogP contribution in [0.2, 0.25) is 0 Å². The standard InChI is InChI=1S/C13H21NO2.ClH/c1-10(2)9-14(3)7-6-11-4-5-12(15)13(16)8-11;/h4-5,8,10,15-16H,6-7,9H2,1-3H3;1H. The van der Waals surface area contributed by atoms with Gasteiger partial charge in [0.15, 0.2) is 11.5 Å². The van der Waals surface area contributed by atoms with Gasteiger partial charge in [0.1, 0.15) is 0 Å². The van der Waals surface area contributed by atoms with Crippen molar-refractivity contribution in [2.75, 3.05) is 20.1 Å². The molecule has 0 saturated carbocycles. The molecule has 4 heteroatoms. The summed E-state index contributed by atoms with van der Waals surface area (Å²) in [4.78, 5) is 2.27. The van der Waals surface area contributed by atoms with Crippen molar-refractivity contribution in [3.8, 4) is 11.5 Å². The minimum atomic E-state index is -0.0562. The van der Waals surface area contributed by atoms with Gasteiger partial charge < -0.3 is 15.1 Å². The van der Waals surface area contributed by atoms with Gasteiger partial charge in [-0.2, -0.15) is 0 Å². The number of rotatable bonds is 5. The molecule has 1 aromatic rings. The van der Waals surface area contributed by atoms with E-state index >= 15 is 0 Å². The molecule has 0 aromatic heterocycles. The number of likely N-dealkylation sites (N-methyl/N-ethyl adjacent to an activating group) is 1. The van der Waals surface area contributed by atoms with Crippen LogP contribution in [0.15, 0.2) is 18.2 Å². The van der Waals surface area contributed by atoms with Gasteiger partial charge in [-0.1, -0.05) is 19.9 Å². The van der Waals surface area contributed by atoms with Gasteiger partial charge in [0.05, 0.1) is 0 Å². The second-order valence-electron chi connectivity index (χ2n) is 4.73. The van der Waals surface area contributed by atoms with Crippen LogP contribution in [0, 0.1) is 5.92 Å². The fourth-order valence-corrected chi connectivity index (χ4v) is 1.76. The van der Waals surface area contributed by atoms with Crippen LogP contribution >= 0.6 is 12.4 Å². The van der Waals surface area contributed by atoms with Crippen molar-refractivity contribution >= 4 is 12.4 Å². The van der Waals surface area contributed by atoms with Gasteiger partial charge in [0, 0.05) is 13.1 Å². The summed E-state index contributed by atoms with van der Waals surface area (Å²) < 4.78 is 0. The molecule has 98 valence electrons. The van der Waals surface area contributed by atoms with E-state index in [1.165, 1.54) is 6.07 Å². The quantitative estimate of drug-likeness (QED) is 0.799. The van der Waals surface area contributed by atoms with Crippen LogP contribution in [0.5, 0.6) is 11.5 Å². The van der Waals surface area contributed by atoms with Crippen molar-refractivity contribution in [1.82, 2.24) is 4.90 Å². The first-order valence-electron chi connectivity index (χ1n) is 5.68. The zero-order valence-electron chi connectivity index (χ0n) is 10.7. The molecular formula is C13H22ClNO2. The van der Waals surface area contributed by atoms with Crippen LogP contribution in [0.1, 0.15) is 19.4 Å². The summed E-state index contributed by atoms with van der Waals surface area (Å²) in [6.45, 7) is 6.43. The molecule has 0 atom stereocenters. The number of nitrogens with zero attached hydrogens (tertiary/aromatic N) is 1. The van der Waals surface area contributed by atoms with E-state index in [0.717, 1.165) is 25.1 Å². The summed E-state index contributed by atoms with van der Waals surface area (Å²) in [5.41, 5.74) is 1.05. The number of phenols is 2. The maximum absolute atomic E-state index is 9.35. The molecule has 0 radical (unpaired) electrons. The number of aromatic hydroxyl groups is 2.